The third-order valence-electron chi connectivity index (χ3n) is 4.09. The first-order valence-electron chi connectivity index (χ1n) is 7.60. The van der Waals surface area contributed by atoms with Crippen LogP contribution in [0.1, 0.15) is 48.8 Å². The molecule has 0 radical (unpaired) electrons. The second kappa shape index (κ2) is 7.41. The zero-order valence-corrected chi connectivity index (χ0v) is 13.0. The summed E-state index contributed by atoms with van der Waals surface area (Å²) in [5, 5.41) is 13.5. The Labute approximate surface area is 121 Å². The van der Waals surface area contributed by atoms with Crippen molar-refractivity contribution in [1.82, 2.24) is 5.32 Å². The van der Waals surface area contributed by atoms with Crippen molar-refractivity contribution in [2.24, 2.45) is 5.92 Å². The molecule has 0 bridgehead atoms. The maximum atomic E-state index is 10.1. The molecule has 2 nitrogen and oxygen atoms in total. The number of thiophene rings is 1. The number of rotatable bonds is 7. The summed E-state index contributed by atoms with van der Waals surface area (Å²) < 4.78 is 0. The molecule has 0 aromatic carbocycles. The van der Waals surface area contributed by atoms with Crippen LogP contribution in [-0.4, -0.2) is 23.8 Å². The summed E-state index contributed by atoms with van der Waals surface area (Å²) in [6.07, 6.45) is 7.24. The predicted octanol–water partition coefficient (Wildman–Crippen LogP) is 3.52. The molecule has 19 heavy (non-hydrogen) atoms. The van der Waals surface area contributed by atoms with E-state index in [4.69, 9.17) is 0 Å². The first kappa shape index (κ1) is 15.0. The van der Waals surface area contributed by atoms with Crippen LogP contribution in [0.4, 0.5) is 0 Å². The second-order valence-electron chi connectivity index (χ2n) is 6.07. The van der Waals surface area contributed by atoms with Crippen LogP contribution in [0.3, 0.4) is 0 Å². The molecule has 2 rings (SSSR count). The molecule has 1 aliphatic carbocycles. The van der Waals surface area contributed by atoms with E-state index in [0.29, 0.717) is 6.04 Å². The van der Waals surface area contributed by atoms with Gasteiger partial charge in [-0.1, -0.05) is 25.7 Å². The highest BCUT2D eigenvalue weighted by atomic mass is 32.1. The molecule has 0 saturated heterocycles. The highest BCUT2D eigenvalue weighted by Crippen LogP contribution is 2.28. The fourth-order valence-corrected chi connectivity index (χ4v) is 4.04. The van der Waals surface area contributed by atoms with Crippen molar-refractivity contribution in [1.29, 1.82) is 0 Å². The Kier molecular flexibility index (Phi) is 5.86. The standard InChI is InChI=1S/C16H27NOS/c1-12(9-16-8-7-13(2)19-16)17-11-15(18)10-14-5-3-4-6-14/h7-8,12,14-15,17-18H,3-6,9-11H2,1-2H3. The van der Waals surface area contributed by atoms with Crippen LogP contribution in [0.15, 0.2) is 12.1 Å². The van der Waals surface area contributed by atoms with Crippen molar-refractivity contribution in [3.05, 3.63) is 21.9 Å². The van der Waals surface area contributed by atoms with Gasteiger partial charge in [0.25, 0.3) is 0 Å². The Bertz CT molecular complexity index is 371. The van der Waals surface area contributed by atoms with E-state index >= 15 is 0 Å². The number of aryl methyl sites for hydroxylation is 1. The Morgan fingerprint density at radius 2 is 2.11 bits per heavy atom. The van der Waals surface area contributed by atoms with Crippen molar-refractivity contribution < 1.29 is 5.11 Å². The Balaban J connectivity index is 1.63. The fourth-order valence-electron chi connectivity index (χ4n) is 3.02. The molecule has 0 spiro atoms. The fraction of sp³-hybridized carbons (Fsp3) is 0.750. The third kappa shape index (κ3) is 5.25. The summed E-state index contributed by atoms with van der Waals surface area (Å²) in [6, 6.07) is 4.84. The van der Waals surface area contributed by atoms with Crippen molar-refractivity contribution in [2.45, 2.75) is 64.5 Å². The molecule has 1 aromatic heterocycles. The van der Waals surface area contributed by atoms with E-state index in [1.54, 1.807) is 0 Å². The number of aliphatic hydroxyl groups is 1. The van der Waals surface area contributed by atoms with Crippen molar-refractivity contribution >= 4 is 11.3 Å². The lowest BCUT2D eigenvalue weighted by Crippen LogP contribution is -2.35. The van der Waals surface area contributed by atoms with Gasteiger partial charge in [-0.2, -0.15) is 0 Å². The SMILES string of the molecule is Cc1ccc(CC(C)NCC(O)CC2CCCC2)s1. The van der Waals surface area contributed by atoms with E-state index in [0.717, 1.165) is 25.3 Å². The Morgan fingerprint density at radius 3 is 2.74 bits per heavy atom. The molecule has 1 saturated carbocycles. The molecule has 2 atom stereocenters. The van der Waals surface area contributed by atoms with Gasteiger partial charge in [0.2, 0.25) is 0 Å². The molecule has 2 N–H and O–H groups in total. The normalized spacial score (nSPS) is 19.7. The highest BCUT2D eigenvalue weighted by molar-refractivity contribution is 7.11. The minimum atomic E-state index is -0.171. The quantitative estimate of drug-likeness (QED) is 0.801. The summed E-state index contributed by atoms with van der Waals surface area (Å²) in [7, 11) is 0. The van der Waals surface area contributed by atoms with E-state index in [2.05, 4.69) is 31.3 Å². The smallest absolute Gasteiger partial charge is 0.0667 e. The van der Waals surface area contributed by atoms with Crippen LogP contribution in [-0.2, 0) is 6.42 Å². The van der Waals surface area contributed by atoms with Gasteiger partial charge in [0, 0.05) is 22.3 Å². The van der Waals surface area contributed by atoms with Crippen LogP contribution in [0.25, 0.3) is 0 Å². The number of hydrogen-bond donors (Lipinski definition) is 2. The summed E-state index contributed by atoms with van der Waals surface area (Å²) in [6.45, 7) is 5.09. The molecule has 1 aromatic rings. The lowest BCUT2D eigenvalue weighted by molar-refractivity contribution is 0.137. The van der Waals surface area contributed by atoms with Gasteiger partial charge in [-0.3, -0.25) is 0 Å². The zero-order chi connectivity index (χ0) is 13.7. The molecule has 0 aliphatic heterocycles. The number of aliphatic hydroxyl groups excluding tert-OH is 1. The van der Waals surface area contributed by atoms with Gasteiger partial charge in [-0.15, -0.1) is 11.3 Å². The molecule has 2 unspecified atom stereocenters. The Hall–Kier alpha value is -0.380. The number of nitrogens with one attached hydrogen (secondary N) is 1. The zero-order valence-electron chi connectivity index (χ0n) is 12.2. The number of hydrogen-bond acceptors (Lipinski definition) is 3. The van der Waals surface area contributed by atoms with Crippen molar-refractivity contribution in [3.8, 4) is 0 Å². The van der Waals surface area contributed by atoms with Crippen LogP contribution in [0.5, 0.6) is 0 Å². The first-order chi connectivity index (χ1) is 9.13. The van der Waals surface area contributed by atoms with Gasteiger partial charge in [0.15, 0.2) is 0 Å². The van der Waals surface area contributed by atoms with Crippen LogP contribution in [0, 0.1) is 12.8 Å². The Morgan fingerprint density at radius 1 is 1.37 bits per heavy atom. The summed E-state index contributed by atoms with van der Waals surface area (Å²) in [5.41, 5.74) is 0. The molecule has 3 heteroatoms. The van der Waals surface area contributed by atoms with Gasteiger partial charge >= 0.3 is 0 Å². The molecule has 108 valence electrons. The first-order valence-corrected chi connectivity index (χ1v) is 8.42. The van der Waals surface area contributed by atoms with E-state index in [9.17, 15) is 5.11 Å². The van der Waals surface area contributed by atoms with Gasteiger partial charge in [-0.25, -0.2) is 0 Å². The minimum Gasteiger partial charge on any atom is -0.392 e. The molecule has 1 heterocycles. The average molecular weight is 281 g/mol. The lowest BCUT2D eigenvalue weighted by atomic mass is 10.00. The molecule has 0 amide bonds. The molecule has 1 aliphatic rings. The van der Waals surface area contributed by atoms with Crippen LogP contribution < -0.4 is 5.32 Å². The predicted molar refractivity (Wildman–Crippen MR) is 82.8 cm³/mol. The average Bonchev–Trinajstić information content (AvgIpc) is 2.99. The third-order valence-corrected chi connectivity index (χ3v) is 5.11. The monoisotopic (exact) mass is 281 g/mol. The molecular formula is C16H27NOS. The van der Waals surface area contributed by atoms with Gasteiger partial charge in [0.05, 0.1) is 6.10 Å². The maximum absolute atomic E-state index is 10.1. The summed E-state index contributed by atoms with van der Waals surface area (Å²) in [5.74, 6) is 0.770. The van der Waals surface area contributed by atoms with E-state index < -0.39 is 0 Å². The maximum Gasteiger partial charge on any atom is 0.0667 e. The second-order valence-corrected chi connectivity index (χ2v) is 7.44. The van der Waals surface area contributed by atoms with Gasteiger partial charge in [0.1, 0.15) is 0 Å². The molecular weight excluding hydrogens is 254 g/mol. The van der Waals surface area contributed by atoms with Crippen molar-refractivity contribution in [2.75, 3.05) is 6.54 Å². The van der Waals surface area contributed by atoms with Gasteiger partial charge < -0.3 is 10.4 Å². The summed E-state index contributed by atoms with van der Waals surface area (Å²) >= 11 is 1.87. The minimum absolute atomic E-state index is 0.171. The van der Waals surface area contributed by atoms with E-state index in [1.165, 1.54) is 35.4 Å². The van der Waals surface area contributed by atoms with Crippen LogP contribution in [0.2, 0.25) is 0 Å². The van der Waals surface area contributed by atoms with E-state index in [-0.39, 0.29) is 6.10 Å². The highest BCUT2D eigenvalue weighted by Gasteiger charge is 2.19. The lowest BCUT2D eigenvalue weighted by Gasteiger charge is -2.19. The van der Waals surface area contributed by atoms with Gasteiger partial charge in [-0.05, 0) is 44.7 Å². The van der Waals surface area contributed by atoms with E-state index in [1.807, 2.05) is 11.3 Å². The topological polar surface area (TPSA) is 32.3 Å². The molecule has 1 fully saturated rings. The van der Waals surface area contributed by atoms with Crippen molar-refractivity contribution in [3.63, 3.8) is 0 Å². The summed E-state index contributed by atoms with van der Waals surface area (Å²) in [4.78, 5) is 2.81. The van der Waals surface area contributed by atoms with Crippen LogP contribution >= 0.6 is 11.3 Å². The largest absolute Gasteiger partial charge is 0.392 e.